The van der Waals surface area contributed by atoms with E-state index in [1.54, 1.807) is 0 Å². The van der Waals surface area contributed by atoms with Crippen molar-refractivity contribution in [3.8, 4) is 11.8 Å². The molecule has 2 aromatic rings. The van der Waals surface area contributed by atoms with Crippen molar-refractivity contribution in [1.29, 1.82) is 0 Å². The van der Waals surface area contributed by atoms with Gasteiger partial charge in [0.05, 0.1) is 10.7 Å². The Morgan fingerprint density at radius 3 is 2.53 bits per heavy atom. The van der Waals surface area contributed by atoms with Crippen molar-refractivity contribution in [2.24, 2.45) is 10.9 Å². The molecule has 0 bridgehead atoms. The summed E-state index contributed by atoms with van der Waals surface area (Å²) in [6.07, 6.45) is 6.32. The largest absolute Gasteiger partial charge is 0.316 e. The first-order valence-electron chi connectivity index (χ1n) is 11.1. The van der Waals surface area contributed by atoms with Gasteiger partial charge >= 0.3 is 0 Å². The standard InChI is InChI=1S/C27H30ClN3O/c1-19(24-14-11-22(12-15-24)10-9-21-7-5-4-6-8-21)30-27(31-20(2)32)25-17-23(18-29-3)13-16-26(25)28/h11-17,21,29H,1,4-8,18H2,2-3H3,(H,30,31,32). The van der Waals surface area contributed by atoms with Gasteiger partial charge in [-0.2, -0.15) is 0 Å². The van der Waals surface area contributed by atoms with E-state index in [4.69, 9.17) is 11.6 Å². The van der Waals surface area contributed by atoms with Crippen LogP contribution in [0.1, 0.15) is 61.3 Å². The van der Waals surface area contributed by atoms with Crippen molar-refractivity contribution in [1.82, 2.24) is 10.6 Å². The molecule has 0 aromatic heterocycles. The summed E-state index contributed by atoms with van der Waals surface area (Å²) in [7, 11) is 1.88. The molecule has 5 heteroatoms. The number of halogens is 1. The lowest BCUT2D eigenvalue weighted by molar-refractivity contribution is -0.117. The van der Waals surface area contributed by atoms with E-state index in [-0.39, 0.29) is 5.91 Å². The SMILES string of the molecule is C=C(N=C(NC(C)=O)c1cc(CNC)ccc1Cl)c1ccc(C#CC2CCCCC2)cc1. The quantitative estimate of drug-likeness (QED) is 0.359. The summed E-state index contributed by atoms with van der Waals surface area (Å²) in [5.74, 6) is 7.40. The van der Waals surface area contributed by atoms with Crippen molar-refractivity contribution >= 4 is 29.0 Å². The zero-order valence-corrected chi connectivity index (χ0v) is 19.6. The molecule has 1 aliphatic carbocycles. The molecular weight excluding hydrogens is 418 g/mol. The van der Waals surface area contributed by atoms with Crippen LogP contribution in [0.3, 0.4) is 0 Å². The van der Waals surface area contributed by atoms with Crippen molar-refractivity contribution in [3.05, 3.63) is 76.3 Å². The minimum atomic E-state index is -0.222. The number of carbonyl (C=O) groups is 1. The molecule has 0 radical (unpaired) electrons. The number of amides is 1. The maximum Gasteiger partial charge on any atom is 0.222 e. The van der Waals surface area contributed by atoms with Crippen LogP contribution in [0.15, 0.2) is 54.0 Å². The van der Waals surface area contributed by atoms with Crippen molar-refractivity contribution < 1.29 is 4.79 Å². The van der Waals surface area contributed by atoms with Gasteiger partial charge in [0.1, 0.15) is 5.84 Å². The number of nitrogens with zero attached hydrogens (tertiary/aromatic N) is 1. The van der Waals surface area contributed by atoms with Crippen molar-refractivity contribution in [2.45, 2.75) is 45.6 Å². The number of nitrogens with one attached hydrogen (secondary N) is 2. The number of benzene rings is 2. The van der Waals surface area contributed by atoms with Crippen LogP contribution in [-0.4, -0.2) is 18.8 Å². The zero-order chi connectivity index (χ0) is 22.9. The summed E-state index contributed by atoms with van der Waals surface area (Å²) >= 11 is 6.43. The molecule has 166 valence electrons. The minimum Gasteiger partial charge on any atom is -0.316 e. The second-order valence-corrected chi connectivity index (χ2v) is 8.52. The van der Waals surface area contributed by atoms with Gasteiger partial charge in [0.15, 0.2) is 0 Å². The zero-order valence-electron chi connectivity index (χ0n) is 18.8. The van der Waals surface area contributed by atoms with Gasteiger partial charge in [-0.05, 0) is 55.3 Å². The third-order valence-corrected chi connectivity index (χ3v) is 5.78. The van der Waals surface area contributed by atoms with Gasteiger partial charge < -0.3 is 10.6 Å². The molecule has 0 heterocycles. The van der Waals surface area contributed by atoms with Crippen LogP contribution in [0, 0.1) is 17.8 Å². The monoisotopic (exact) mass is 447 g/mol. The van der Waals surface area contributed by atoms with E-state index in [1.165, 1.54) is 39.0 Å². The molecule has 32 heavy (non-hydrogen) atoms. The van der Waals surface area contributed by atoms with Crippen molar-refractivity contribution in [2.75, 3.05) is 7.05 Å². The normalized spacial score (nSPS) is 14.4. The Morgan fingerprint density at radius 1 is 1.16 bits per heavy atom. The molecule has 1 saturated carbocycles. The highest BCUT2D eigenvalue weighted by Gasteiger charge is 2.13. The number of rotatable bonds is 5. The fraction of sp³-hybridized carbons (Fsp3) is 0.333. The molecule has 2 aromatic carbocycles. The van der Waals surface area contributed by atoms with Gasteiger partial charge in [0.25, 0.3) is 0 Å². The second-order valence-electron chi connectivity index (χ2n) is 8.11. The molecule has 3 rings (SSSR count). The molecule has 0 atom stereocenters. The van der Waals surface area contributed by atoms with Crippen molar-refractivity contribution in [3.63, 3.8) is 0 Å². The molecule has 0 spiro atoms. The number of amidine groups is 1. The van der Waals surface area contributed by atoms with Crippen LogP contribution >= 0.6 is 11.6 Å². The lowest BCUT2D eigenvalue weighted by Crippen LogP contribution is -2.29. The fourth-order valence-electron chi connectivity index (χ4n) is 3.77. The predicted octanol–water partition coefficient (Wildman–Crippen LogP) is 5.54. The Bertz CT molecular complexity index is 1050. The molecule has 1 fully saturated rings. The number of hydrogen-bond donors (Lipinski definition) is 2. The van der Waals surface area contributed by atoms with Gasteiger partial charge in [0, 0.05) is 30.5 Å². The summed E-state index contributed by atoms with van der Waals surface area (Å²) < 4.78 is 0. The summed E-state index contributed by atoms with van der Waals surface area (Å²) in [5.41, 5.74) is 4.08. The number of aliphatic imine (C=N–C) groups is 1. The van der Waals surface area contributed by atoms with E-state index in [0.717, 1.165) is 16.7 Å². The van der Waals surface area contributed by atoms with Crippen LogP contribution in [-0.2, 0) is 11.3 Å². The number of carbonyl (C=O) groups excluding carboxylic acids is 1. The third-order valence-electron chi connectivity index (χ3n) is 5.45. The Hall–Kier alpha value is -2.87. The van der Waals surface area contributed by atoms with Gasteiger partial charge in [-0.1, -0.05) is 67.5 Å². The first kappa shape index (κ1) is 23.8. The Kier molecular flexibility index (Phi) is 8.67. The highest BCUT2D eigenvalue weighted by molar-refractivity contribution is 6.34. The predicted molar refractivity (Wildman–Crippen MR) is 133 cm³/mol. The fourth-order valence-corrected chi connectivity index (χ4v) is 3.98. The molecule has 0 saturated heterocycles. The third kappa shape index (κ3) is 6.82. The first-order chi connectivity index (χ1) is 15.5. The van der Waals surface area contributed by atoms with E-state index in [1.807, 2.05) is 49.5 Å². The van der Waals surface area contributed by atoms with Gasteiger partial charge in [0.2, 0.25) is 5.91 Å². The molecule has 0 unspecified atom stereocenters. The van der Waals surface area contributed by atoms with E-state index < -0.39 is 0 Å². The topological polar surface area (TPSA) is 53.5 Å². The average Bonchev–Trinajstić information content (AvgIpc) is 2.79. The average molecular weight is 448 g/mol. The second kappa shape index (κ2) is 11.7. The maximum atomic E-state index is 11.8. The Balaban J connectivity index is 1.82. The molecule has 4 nitrogen and oxygen atoms in total. The highest BCUT2D eigenvalue weighted by Crippen LogP contribution is 2.23. The van der Waals surface area contributed by atoms with Crippen LogP contribution in [0.4, 0.5) is 0 Å². The minimum absolute atomic E-state index is 0.222. The summed E-state index contributed by atoms with van der Waals surface area (Å²) in [6, 6.07) is 13.6. The van der Waals surface area contributed by atoms with Crippen LogP contribution < -0.4 is 10.6 Å². The van der Waals surface area contributed by atoms with Crippen LogP contribution in [0.5, 0.6) is 0 Å². The first-order valence-corrected chi connectivity index (χ1v) is 11.4. The Morgan fingerprint density at radius 2 is 1.88 bits per heavy atom. The highest BCUT2D eigenvalue weighted by atomic mass is 35.5. The van der Waals surface area contributed by atoms with Crippen LogP contribution in [0.25, 0.3) is 5.70 Å². The van der Waals surface area contributed by atoms with Gasteiger partial charge in [-0.3, -0.25) is 4.79 Å². The molecule has 1 amide bonds. The van der Waals surface area contributed by atoms with E-state index in [2.05, 4.69) is 34.0 Å². The lowest BCUT2D eigenvalue weighted by atomic mass is 9.89. The lowest BCUT2D eigenvalue weighted by Gasteiger charge is -2.15. The van der Waals surface area contributed by atoms with E-state index in [9.17, 15) is 4.79 Å². The van der Waals surface area contributed by atoms with Gasteiger partial charge in [-0.25, -0.2) is 4.99 Å². The summed E-state index contributed by atoms with van der Waals surface area (Å²) in [6.45, 7) is 6.23. The Labute approximate surface area is 196 Å². The maximum absolute atomic E-state index is 11.8. The molecule has 2 N–H and O–H groups in total. The van der Waals surface area contributed by atoms with E-state index >= 15 is 0 Å². The smallest absolute Gasteiger partial charge is 0.222 e. The molecule has 1 aliphatic rings. The summed E-state index contributed by atoms with van der Waals surface area (Å²) in [4.78, 5) is 16.4. The summed E-state index contributed by atoms with van der Waals surface area (Å²) in [5, 5.41) is 6.43. The number of hydrogen-bond acceptors (Lipinski definition) is 3. The molecule has 0 aliphatic heterocycles. The van der Waals surface area contributed by atoms with E-state index in [0.29, 0.717) is 34.6 Å². The molecular formula is C27H30ClN3O. The van der Waals surface area contributed by atoms with Gasteiger partial charge in [-0.15, -0.1) is 0 Å². The van der Waals surface area contributed by atoms with Crippen LogP contribution in [0.2, 0.25) is 5.02 Å².